The van der Waals surface area contributed by atoms with Crippen molar-refractivity contribution in [1.29, 1.82) is 0 Å². The van der Waals surface area contributed by atoms with Crippen LogP contribution < -0.4 is 5.56 Å². The number of fused-ring (bicyclic) bond motifs is 1. The summed E-state index contributed by atoms with van der Waals surface area (Å²) in [7, 11) is 0. The summed E-state index contributed by atoms with van der Waals surface area (Å²) in [6, 6.07) is 12.1. The first-order chi connectivity index (χ1) is 13.5. The Morgan fingerprint density at radius 2 is 1.93 bits per heavy atom. The molecule has 0 atom stereocenters. The van der Waals surface area contributed by atoms with Crippen LogP contribution in [0.3, 0.4) is 0 Å². The molecule has 142 valence electrons. The highest BCUT2D eigenvalue weighted by Gasteiger charge is 2.17. The fraction of sp³-hybridized carbons (Fsp3) is 0.190. The predicted octanol–water partition coefficient (Wildman–Crippen LogP) is 5.57. The standard InChI is InChI=1S/C21H18BrN3OS2/c1-13-14(2)28-19-18(13)20(26)25(11-16-4-3-9-23-10-16)21(24-19)27-12-15-5-7-17(22)8-6-15/h3-10H,11-12H2,1-2H3. The van der Waals surface area contributed by atoms with E-state index in [-0.39, 0.29) is 5.56 Å². The van der Waals surface area contributed by atoms with Gasteiger partial charge in [-0.15, -0.1) is 11.3 Å². The highest BCUT2D eigenvalue weighted by atomic mass is 79.9. The van der Waals surface area contributed by atoms with E-state index in [0.29, 0.717) is 6.54 Å². The quantitative estimate of drug-likeness (QED) is 0.281. The molecule has 4 aromatic rings. The molecule has 0 aliphatic rings. The van der Waals surface area contributed by atoms with E-state index >= 15 is 0 Å². The number of nitrogens with zero attached hydrogens (tertiary/aromatic N) is 3. The second kappa shape index (κ2) is 8.19. The van der Waals surface area contributed by atoms with Gasteiger partial charge in [-0.2, -0.15) is 0 Å². The van der Waals surface area contributed by atoms with Gasteiger partial charge in [0.2, 0.25) is 0 Å². The first kappa shape index (κ1) is 19.4. The van der Waals surface area contributed by atoms with Crippen molar-refractivity contribution in [1.82, 2.24) is 14.5 Å². The van der Waals surface area contributed by atoms with Crippen LogP contribution in [0.1, 0.15) is 21.6 Å². The molecule has 0 saturated heterocycles. The maximum Gasteiger partial charge on any atom is 0.263 e. The van der Waals surface area contributed by atoms with Crippen molar-refractivity contribution < 1.29 is 0 Å². The number of aryl methyl sites for hydroxylation is 2. The molecule has 0 spiro atoms. The molecule has 28 heavy (non-hydrogen) atoms. The van der Waals surface area contributed by atoms with E-state index in [1.165, 1.54) is 5.56 Å². The van der Waals surface area contributed by atoms with Crippen molar-refractivity contribution in [3.63, 3.8) is 0 Å². The van der Waals surface area contributed by atoms with E-state index < -0.39 is 0 Å². The Morgan fingerprint density at radius 3 is 2.64 bits per heavy atom. The zero-order chi connectivity index (χ0) is 19.7. The van der Waals surface area contributed by atoms with E-state index in [0.717, 1.165) is 41.6 Å². The maximum absolute atomic E-state index is 13.3. The first-order valence-corrected chi connectivity index (χ1v) is 11.4. The van der Waals surface area contributed by atoms with Gasteiger partial charge in [0.25, 0.3) is 5.56 Å². The smallest absolute Gasteiger partial charge is 0.263 e. The van der Waals surface area contributed by atoms with Crippen LogP contribution in [-0.2, 0) is 12.3 Å². The molecule has 0 saturated carbocycles. The lowest BCUT2D eigenvalue weighted by atomic mass is 10.2. The highest BCUT2D eigenvalue weighted by molar-refractivity contribution is 9.10. The first-order valence-electron chi connectivity index (χ1n) is 8.79. The summed E-state index contributed by atoms with van der Waals surface area (Å²) < 4.78 is 2.83. The lowest BCUT2D eigenvalue weighted by Crippen LogP contribution is -2.24. The lowest BCUT2D eigenvalue weighted by molar-refractivity contribution is 0.657. The van der Waals surface area contributed by atoms with Gasteiger partial charge in [0, 0.05) is 27.5 Å². The Bertz CT molecular complexity index is 1180. The molecule has 0 amide bonds. The van der Waals surface area contributed by atoms with Crippen molar-refractivity contribution in [2.24, 2.45) is 0 Å². The van der Waals surface area contributed by atoms with Crippen molar-refractivity contribution in [2.45, 2.75) is 31.3 Å². The van der Waals surface area contributed by atoms with Gasteiger partial charge in [-0.25, -0.2) is 4.98 Å². The van der Waals surface area contributed by atoms with Crippen LogP contribution in [0, 0.1) is 13.8 Å². The van der Waals surface area contributed by atoms with Gasteiger partial charge in [-0.05, 0) is 48.7 Å². The Morgan fingerprint density at radius 1 is 1.14 bits per heavy atom. The summed E-state index contributed by atoms with van der Waals surface area (Å²) in [6.45, 7) is 4.51. The van der Waals surface area contributed by atoms with Crippen LogP contribution in [0.4, 0.5) is 0 Å². The summed E-state index contributed by atoms with van der Waals surface area (Å²) in [5.74, 6) is 0.752. The average molecular weight is 472 g/mol. The minimum absolute atomic E-state index is 0.0222. The molecule has 1 aromatic carbocycles. The van der Waals surface area contributed by atoms with E-state index in [1.54, 1.807) is 40.1 Å². The molecule has 0 radical (unpaired) electrons. The topological polar surface area (TPSA) is 47.8 Å². The molecule has 4 nitrogen and oxygen atoms in total. The average Bonchev–Trinajstić information content (AvgIpc) is 2.98. The third-order valence-electron chi connectivity index (χ3n) is 4.60. The molecule has 3 heterocycles. The molecule has 4 rings (SSSR count). The molecule has 0 bridgehead atoms. The van der Waals surface area contributed by atoms with Gasteiger partial charge in [0.1, 0.15) is 4.83 Å². The monoisotopic (exact) mass is 471 g/mol. The van der Waals surface area contributed by atoms with Gasteiger partial charge >= 0.3 is 0 Å². The minimum atomic E-state index is 0.0222. The summed E-state index contributed by atoms with van der Waals surface area (Å²) >= 11 is 6.65. The zero-order valence-corrected chi connectivity index (χ0v) is 18.7. The number of thiophene rings is 1. The van der Waals surface area contributed by atoms with E-state index in [4.69, 9.17) is 4.98 Å². The van der Waals surface area contributed by atoms with Gasteiger partial charge in [0.05, 0.1) is 11.9 Å². The Labute approximate surface area is 179 Å². The molecule has 0 aliphatic carbocycles. The van der Waals surface area contributed by atoms with E-state index in [2.05, 4.69) is 33.0 Å². The number of halogens is 1. The van der Waals surface area contributed by atoms with Gasteiger partial charge in [0.15, 0.2) is 5.16 Å². The lowest BCUT2D eigenvalue weighted by Gasteiger charge is -2.12. The van der Waals surface area contributed by atoms with Crippen molar-refractivity contribution in [2.75, 3.05) is 0 Å². The molecule has 0 N–H and O–H groups in total. The molecule has 0 aliphatic heterocycles. The molecular formula is C21H18BrN3OS2. The van der Waals surface area contributed by atoms with Crippen LogP contribution in [0.5, 0.6) is 0 Å². The predicted molar refractivity (Wildman–Crippen MR) is 120 cm³/mol. The highest BCUT2D eigenvalue weighted by Crippen LogP contribution is 2.30. The van der Waals surface area contributed by atoms with Crippen LogP contribution in [-0.4, -0.2) is 14.5 Å². The Balaban J connectivity index is 1.77. The minimum Gasteiger partial charge on any atom is -0.282 e. The van der Waals surface area contributed by atoms with E-state index in [1.807, 2.05) is 38.1 Å². The number of rotatable bonds is 5. The van der Waals surface area contributed by atoms with Gasteiger partial charge in [-0.1, -0.05) is 45.9 Å². The molecule has 0 unspecified atom stereocenters. The second-order valence-corrected chi connectivity index (χ2v) is 9.59. The summed E-state index contributed by atoms with van der Waals surface area (Å²) in [4.78, 5) is 24.3. The molecule has 7 heteroatoms. The Hall–Kier alpha value is -1.96. The third-order valence-corrected chi connectivity index (χ3v) is 7.28. The van der Waals surface area contributed by atoms with Gasteiger partial charge in [-0.3, -0.25) is 14.3 Å². The molecule has 3 aromatic heterocycles. The van der Waals surface area contributed by atoms with Crippen molar-refractivity contribution in [3.05, 3.63) is 85.2 Å². The van der Waals surface area contributed by atoms with Crippen LogP contribution in [0.15, 0.2) is 63.2 Å². The van der Waals surface area contributed by atoms with Gasteiger partial charge < -0.3 is 0 Å². The number of thioether (sulfide) groups is 1. The Kier molecular flexibility index (Phi) is 5.66. The van der Waals surface area contributed by atoms with Crippen LogP contribution in [0.2, 0.25) is 0 Å². The largest absolute Gasteiger partial charge is 0.282 e. The van der Waals surface area contributed by atoms with E-state index in [9.17, 15) is 4.79 Å². The fourth-order valence-electron chi connectivity index (χ4n) is 2.96. The summed E-state index contributed by atoms with van der Waals surface area (Å²) in [6.07, 6.45) is 3.54. The van der Waals surface area contributed by atoms with Crippen LogP contribution in [0.25, 0.3) is 10.2 Å². The number of benzene rings is 1. The normalized spacial score (nSPS) is 11.2. The number of hydrogen-bond donors (Lipinski definition) is 0. The van der Waals surface area contributed by atoms with Crippen molar-refractivity contribution >= 4 is 49.2 Å². The SMILES string of the molecule is Cc1sc2nc(SCc3ccc(Br)cc3)n(Cc3cccnc3)c(=O)c2c1C. The number of pyridine rings is 1. The maximum atomic E-state index is 13.3. The number of aromatic nitrogens is 3. The zero-order valence-electron chi connectivity index (χ0n) is 15.5. The van der Waals surface area contributed by atoms with Crippen molar-refractivity contribution in [3.8, 4) is 0 Å². The summed E-state index contributed by atoms with van der Waals surface area (Å²) in [5, 5.41) is 1.48. The number of hydrogen-bond acceptors (Lipinski definition) is 5. The molecule has 0 fully saturated rings. The second-order valence-electron chi connectivity index (χ2n) is 6.53. The molecular weight excluding hydrogens is 454 g/mol. The van der Waals surface area contributed by atoms with Crippen LogP contribution >= 0.6 is 39.0 Å². The fourth-order valence-corrected chi connectivity index (χ4v) is 5.25. The third kappa shape index (κ3) is 3.92. The summed E-state index contributed by atoms with van der Waals surface area (Å²) in [5.41, 5.74) is 3.23.